The predicted molar refractivity (Wildman–Crippen MR) is 73.4 cm³/mol. The molecule has 1 amide bonds. The molecule has 7 nitrogen and oxygen atoms in total. The lowest BCUT2D eigenvalue weighted by molar-refractivity contribution is -0.697. The van der Waals surface area contributed by atoms with Gasteiger partial charge in [-0.15, -0.1) is 0 Å². The Balaban J connectivity index is 1.66. The van der Waals surface area contributed by atoms with Crippen molar-refractivity contribution in [3.8, 4) is 5.75 Å². The van der Waals surface area contributed by atoms with Gasteiger partial charge in [-0.05, 0) is 0 Å². The Morgan fingerprint density at radius 3 is 2.90 bits per heavy atom. The first-order valence-corrected chi connectivity index (χ1v) is 6.92. The average Bonchev–Trinajstić information content (AvgIpc) is 3.00. The van der Waals surface area contributed by atoms with Gasteiger partial charge in [0.25, 0.3) is 5.91 Å². The van der Waals surface area contributed by atoms with Crippen molar-refractivity contribution in [1.29, 1.82) is 0 Å². The van der Waals surface area contributed by atoms with Crippen molar-refractivity contribution in [3.05, 3.63) is 36.7 Å². The first-order chi connectivity index (χ1) is 10.3. The van der Waals surface area contributed by atoms with Crippen LogP contribution in [-0.2, 0) is 17.8 Å². The molecule has 1 N–H and O–H groups in total. The van der Waals surface area contributed by atoms with Gasteiger partial charge in [0, 0.05) is 31.5 Å². The molecule has 2 aromatic rings. The first-order valence-electron chi connectivity index (χ1n) is 6.92. The summed E-state index contributed by atoms with van der Waals surface area (Å²) in [6.45, 7) is 3.52. The second-order valence-electron chi connectivity index (χ2n) is 4.50. The number of nitrogens with zero attached hydrogens (tertiary/aromatic N) is 3. The fourth-order valence-electron chi connectivity index (χ4n) is 1.76. The minimum absolute atomic E-state index is 0.0123. The number of carbonyl (C=O) groups excluding carboxylic acids is 1. The van der Waals surface area contributed by atoms with Crippen molar-refractivity contribution in [2.75, 3.05) is 13.2 Å². The molecule has 2 rings (SSSR count). The van der Waals surface area contributed by atoms with E-state index in [0.29, 0.717) is 24.6 Å². The average molecular weight is 291 g/mol. The second kappa shape index (κ2) is 7.98. The van der Waals surface area contributed by atoms with Crippen LogP contribution in [0.1, 0.15) is 19.2 Å². The van der Waals surface area contributed by atoms with Crippen LogP contribution in [0.15, 0.2) is 35.4 Å². The minimum atomic E-state index is -0.181. The molecule has 7 heteroatoms. The Kier molecular flexibility index (Phi) is 5.69. The van der Waals surface area contributed by atoms with E-state index in [0.717, 1.165) is 13.0 Å². The molecule has 0 unspecified atom stereocenters. The Morgan fingerprint density at radius 1 is 1.43 bits per heavy atom. The van der Waals surface area contributed by atoms with Crippen LogP contribution in [-0.4, -0.2) is 29.2 Å². The maximum atomic E-state index is 11.6. The van der Waals surface area contributed by atoms with Gasteiger partial charge in [0.15, 0.2) is 25.3 Å². The lowest BCUT2D eigenvalue weighted by atomic mass is 10.4. The van der Waals surface area contributed by atoms with Crippen LogP contribution in [0.5, 0.6) is 5.75 Å². The van der Waals surface area contributed by atoms with Crippen molar-refractivity contribution >= 4 is 5.91 Å². The molecule has 0 bridgehead atoms. The van der Waals surface area contributed by atoms with Crippen molar-refractivity contribution in [2.24, 2.45) is 0 Å². The van der Waals surface area contributed by atoms with Gasteiger partial charge in [0.1, 0.15) is 12.3 Å². The first kappa shape index (κ1) is 15.0. The monoisotopic (exact) mass is 291 g/mol. The van der Waals surface area contributed by atoms with Crippen molar-refractivity contribution in [3.63, 3.8) is 0 Å². The number of carbonyl (C=O) groups is 1. The molecule has 0 saturated carbocycles. The predicted octanol–water partition coefficient (Wildman–Crippen LogP) is 0.505. The zero-order chi connectivity index (χ0) is 14.9. The van der Waals surface area contributed by atoms with Gasteiger partial charge in [-0.1, -0.05) is 12.1 Å². The molecule has 0 fully saturated rings. The normalized spacial score (nSPS) is 10.3. The van der Waals surface area contributed by atoms with Gasteiger partial charge >= 0.3 is 0 Å². The zero-order valence-electron chi connectivity index (χ0n) is 12.0. The highest BCUT2D eigenvalue weighted by molar-refractivity contribution is 5.77. The molecule has 2 aromatic heterocycles. The maximum Gasteiger partial charge on any atom is 0.257 e. The summed E-state index contributed by atoms with van der Waals surface area (Å²) >= 11 is 0. The van der Waals surface area contributed by atoms with Crippen molar-refractivity contribution in [1.82, 2.24) is 15.5 Å². The van der Waals surface area contributed by atoms with Crippen LogP contribution < -0.4 is 14.6 Å². The molecule has 0 saturated heterocycles. The topological polar surface area (TPSA) is 81.1 Å². The summed E-state index contributed by atoms with van der Waals surface area (Å²) in [5, 5.41) is 6.22. The number of hydrogen-bond acceptors (Lipinski definition) is 5. The fraction of sp³-hybridized carbons (Fsp3) is 0.429. The van der Waals surface area contributed by atoms with E-state index in [1.54, 1.807) is 0 Å². The molecule has 112 valence electrons. The van der Waals surface area contributed by atoms with E-state index in [1.165, 1.54) is 6.33 Å². The van der Waals surface area contributed by atoms with E-state index in [1.807, 2.05) is 24.5 Å². The van der Waals surface area contributed by atoms with Gasteiger partial charge in [0.05, 0.1) is 0 Å². The Bertz CT molecular complexity index is 540. The molecule has 2 heterocycles. The molecule has 0 aromatic carbocycles. The molecule has 0 aliphatic carbocycles. The SMILES string of the molecule is CCC[n+]1ccc(OCC(=O)NCCc2ncno2)cc1. The van der Waals surface area contributed by atoms with Crippen LogP contribution in [0.4, 0.5) is 0 Å². The lowest BCUT2D eigenvalue weighted by Gasteiger charge is -2.06. The highest BCUT2D eigenvalue weighted by Crippen LogP contribution is 2.05. The van der Waals surface area contributed by atoms with Crippen LogP contribution in [0.3, 0.4) is 0 Å². The zero-order valence-corrected chi connectivity index (χ0v) is 12.0. The Labute approximate surface area is 122 Å². The standard InChI is InChI=1S/C14H18N4O3/c1-2-7-18-8-4-12(5-9-18)20-10-13(19)15-6-3-14-16-11-17-21-14/h4-5,8-9,11H,2-3,6-7,10H2,1H3/p+1. The summed E-state index contributed by atoms with van der Waals surface area (Å²) in [5.41, 5.74) is 0. The third-order valence-electron chi connectivity index (χ3n) is 2.78. The molecular weight excluding hydrogens is 272 g/mol. The summed E-state index contributed by atoms with van der Waals surface area (Å²) in [5.74, 6) is 0.994. The largest absolute Gasteiger partial charge is 0.483 e. The van der Waals surface area contributed by atoms with Crippen molar-refractivity contribution in [2.45, 2.75) is 26.3 Å². The van der Waals surface area contributed by atoms with E-state index < -0.39 is 0 Å². The third kappa shape index (κ3) is 5.21. The van der Waals surface area contributed by atoms with Gasteiger partial charge in [-0.25, -0.2) is 4.57 Å². The van der Waals surface area contributed by atoms with E-state index in [2.05, 4.69) is 26.9 Å². The van der Waals surface area contributed by atoms with Crippen molar-refractivity contribution < 1.29 is 18.6 Å². The number of hydrogen-bond donors (Lipinski definition) is 1. The summed E-state index contributed by atoms with van der Waals surface area (Å²) in [7, 11) is 0. The molecule has 0 spiro atoms. The Hall–Kier alpha value is -2.44. The second-order valence-corrected chi connectivity index (χ2v) is 4.50. The quantitative estimate of drug-likeness (QED) is 0.717. The summed E-state index contributed by atoms with van der Waals surface area (Å²) in [6, 6.07) is 3.70. The summed E-state index contributed by atoms with van der Waals surface area (Å²) < 4.78 is 12.3. The van der Waals surface area contributed by atoms with Crippen LogP contribution in [0, 0.1) is 0 Å². The number of nitrogens with one attached hydrogen (secondary N) is 1. The molecule has 0 aliphatic heterocycles. The molecule has 0 radical (unpaired) electrons. The molecule has 21 heavy (non-hydrogen) atoms. The van der Waals surface area contributed by atoms with Crippen LogP contribution in [0.2, 0.25) is 0 Å². The highest BCUT2D eigenvalue weighted by Gasteiger charge is 2.05. The number of rotatable bonds is 8. The van der Waals surface area contributed by atoms with Gasteiger partial charge in [-0.2, -0.15) is 4.98 Å². The summed E-state index contributed by atoms with van der Waals surface area (Å²) in [4.78, 5) is 15.5. The van der Waals surface area contributed by atoms with E-state index >= 15 is 0 Å². The highest BCUT2D eigenvalue weighted by atomic mass is 16.5. The number of aryl methyl sites for hydroxylation is 1. The Morgan fingerprint density at radius 2 is 2.24 bits per heavy atom. The number of pyridine rings is 1. The third-order valence-corrected chi connectivity index (χ3v) is 2.78. The summed E-state index contributed by atoms with van der Waals surface area (Å²) in [6.07, 6.45) is 6.79. The van der Waals surface area contributed by atoms with E-state index in [9.17, 15) is 4.79 Å². The van der Waals surface area contributed by atoms with E-state index in [4.69, 9.17) is 9.26 Å². The number of aromatic nitrogens is 3. The molecular formula is C14H19N4O3+. The maximum absolute atomic E-state index is 11.6. The van der Waals surface area contributed by atoms with Gasteiger partial charge < -0.3 is 14.6 Å². The smallest absolute Gasteiger partial charge is 0.257 e. The molecule has 0 aliphatic rings. The van der Waals surface area contributed by atoms with Crippen LogP contribution >= 0.6 is 0 Å². The van der Waals surface area contributed by atoms with E-state index in [-0.39, 0.29) is 12.5 Å². The van der Waals surface area contributed by atoms with Gasteiger partial charge in [-0.3, -0.25) is 4.79 Å². The van der Waals surface area contributed by atoms with Gasteiger partial charge in [0.2, 0.25) is 5.89 Å². The number of amides is 1. The minimum Gasteiger partial charge on any atom is -0.483 e. The lowest BCUT2D eigenvalue weighted by Crippen LogP contribution is -2.32. The van der Waals surface area contributed by atoms with Crippen LogP contribution in [0.25, 0.3) is 0 Å². The fourth-order valence-corrected chi connectivity index (χ4v) is 1.76. The molecule has 0 atom stereocenters. The number of ether oxygens (including phenoxy) is 1.